The van der Waals surface area contributed by atoms with Gasteiger partial charge in [-0.15, -0.1) is 0 Å². The van der Waals surface area contributed by atoms with Gasteiger partial charge in [-0.3, -0.25) is 19.1 Å². The van der Waals surface area contributed by atoms with E-state index < -0.39 is 33.1 Å². The van der Waals surface area contributed by atoms with E-state index in [1.807, 2.05) is 4.98 Å². The van der Waals surface area contributed by atoms with E-state index in [4.69, 9.17) is 17.4 Å². The van der Waals surface area contributed by atoms with Gasteiger partial charge in [0, 0.05) is 16.8 Å². The Morgan fingerprint density at radius 3 is 2.30 bits per heavy atom. The van der Waals surface area contributed by atoms with Crippen LogP contribution >= 0.6 is 11.6 Å². The number of rotatable bonds is 5. The van der Waals surface area contributed by atoms with Crippen LogP contribution in [-0.4, -0.2) is 28.8 Å². The van der Waals surface area contributed by atoms with Crippen molar-refractivity contribution in [2.24, 2.45) is 5.84 Å². The van der Waals surface area contributed by atoms with Gasteiger partial charge < -0.3 is 4.98 Å². The quantitative estimate of drug-likeness (QED) is 0.195. The van der Waals surface area contributed by atoms with Gasteiger partial charge in [-0.1, -0.05) is 17.7 Å². The van der Waals surface area contributed by atoms with Gasteiger partial charge >= 0.3 is 16.0 Å². The van der Waals surface area contributed by atoms with E-state index >= 15 is 0 Å². The number of aromatic nitrogens is 2. The molecule has 0 saturated heterocycles. The standard InChI is InChI=1S/C17H14ClN5O6S/c18-11-2-1-3-13(8-11)22(19)16(25)10-4-6-12(7-5-10)23(30(27,28)29)14-9-20-17(26)21-15(14)24/h1-9H,19H2,(H,27,28,29)(H2,20,21,24,26). The molecule has 0 bridgehead atoms. The Bertz CT molecular complexity index is 1320. The van der Waals surface area contributed by atoms with E-state index in [0.29, 0.717) is 15.0 Å². The van der Waals surface area contributed by atoms with Crippen LogP contribution in [0.5, 0.6) is 0 Å². The third-order valence-corrected chi connectivity index (χ3v) is 5.01. The Hall–Kier alpha value is -3.45. The predicted molar refractivity (Wildman–Crippen MR) is 110 cm³/mol. The number of H-pyrrole nitrogens is 2. The van der Waals surface area contributed by atoms with E-state index in [2.05, 4.69) is 4.98 Å². The first-order valence-corrected chi connectivity index (χ1v) is 9.90. The summed E-state index contributed by atoms with van der Waals surface area (Å²) >= 11 is 5.89. The zero-order valence-corrected chi connectivity index (χ0v) is 16.5. The molecule has 30 heavy (non-hydrogen) atoms. The zero-order valence-electron chi connectivity index (χ0n) is 14.9. The smallest absolute Gasteiger partial charge is 0.312 e. The molecule has 1 amide bonds. The maximum Gasteiger partial charge on any atom is 0.364 e. The largest absolute Gasteiger partial charge is 0.364 e. The summed E-state index contributed by atoms with van der Waals surface area (Å²) in [6.45, 7) is 0. The molecule has 0 unspecified atom stereocenters. The first-order valence-electron chi connectivity index (χ1n) is 8.12. The number of amides is 1. The van der Waals surface area contributed by atoms with Crippen LogP contribution in [0.4, 0.5) is 17.1 Å². The van der Waals surface area contributed by atoms with Crippen LogP contribution in [0.25, 0.3) is 0 Å². The van der Waals surface area contributed by atoms with Crippen LogP contribution in [0.3, 0.4) is 0 Å². The lowest BCUT2D eigenvalue weighted by atomic mass is 10.1. The fourth-order valence-electron chi connectivity index (χ4n) is 2.57. The molecule has 2 aromatic carbocycles. The number of carbonyl (C=O) groups is 1. The molecule has 1 heterocycles. The van der Waals surface area contributed by atoms with Crippen molar-refractivity contribution in [3.05, 3.63) is 86.2 Å². The minimum absolute atomic E-state index is 0.0897. The molecule has 0 saturated carbocycles. The lowest BCUT2D eigenvalue weighted by Gasteiger charge is -2.20. The number of nitrogens with one attached hydrogen (secondary N) is 2. The second-order valence-electron chi connectivity index (χ2n) is 5.90. The van der Waals surface area contributed by atoms with Crippen molar-refractivity contribution < 1.29 is 17.8 Å². The van der Waals surface area contributed by atoms with Gasteiger partial charge in [-0.25, -0.2) is 20.0 Å². The molecule has 5 N–H and O–H groups in total. The summed E-state index contributed by atoms with van der Waals surface area (Å²) in [5.74, 6) is 5.21. The lowest BCUT2D eigenvalue weighted by molar-refractivity contribution is 0.0987. The van der Waals surface area contributed by atoms with Gasteiger partial charge in [0.2, 0.25) is 0 Å². The third-order valence-electron chi connectivity index (χ3n) is 3.90. The highest BCUT2D eigenvalue weighted by molar-refractivity contribution is 7.87. The number of carbonyl (C=O) groups excluding carboxylic acids is 1. The Balaban J connectivity index is 1.97. The molecular weight excluding hydrogens is 438 g/mol. The van der Waals surface area contributed by atoms with E-state index in [-0.39, 0.29) is 11.3 Å². The highest BCUT2D eigenvalue weighted by atomic mass is 35.5. The van der Waals surface area contributed by atoms with Crippen LogP contribution < -0.4 is 26.4 Å². The summed E-state index contributed by atoms with van der Waals surface area (Å²) in [6, 6.07) is 11.1. The molecule has 13 heteroatoms. The van der Waals surface area contributed by atoms with Gasteiger partial charge in [0.15, 0.2) is 0 Å². The fraction of sp³-hybridized carbons (Fsp3) is 0. The van der Waals surface area contributed by atoms with Crippen molar-refractivity contribution in [3.8, 4) is 0 Å². The van der Waals surface area contributed by atoms with Gasteiger partial charge in [-0.2, -0.15) is 8.42 Å². The minimum atomic E-state index is -4.95. The van der Waals surface area contributed by atoms with Crippen LogP contribution in [-0.2, 0) is 10.3 Å². The number of nitrogens with zero attached hydrogens (tertiary/aromatic N) is 2. The van der Waals surface area contributed by atoms with Crippen LogP contribution in [0.15, 0.2) is 64.3 Å². The van der Waals surface area contributed by atoms with Crippen molar-refractivity contribution in [3.63, 3.8) is 0 Å². The van der Waals surface area contributed by atoms with Crippen LogP contribution in [0, 0.1) is 0 Å². The monoisotopic (exact) mass is 451 g/mol. The number of hydrazine groups is 1. The SMILES string of the molecule is NN(C(=O)c1ccc(N(c2c[nH]c(=O)[nH]c2=O)S(=O)(=O)O)cc1)c1cccc(Cl)c1. The average Bonchev–Trinajstić information content (AvgIpc) is 2.68. The van der Waals surface area contributed by atoms with Gasteiger partial charge in [0.1, 0.15) is 5.69 Å². The summed E-state index contributed by atoms with van der Waals surface area (Å²) in [6.07, 6.45) is 0.828. The summed E-state index contributed by atoms with van der Waals surface area (Å²) < 4.78 is 33.5. The summed E-state index contributed by atoms with van der Waals surface area (Å²) in [5.41, 5.74) is -2.22. The summed E-state index contributed by atoms with van der Waals surface area (Å²) in [4.78, 5) is 39.7. The van der Waals surface area contributed by atoms with Crippen LogP contribution in [0.2, 0.25) is 5.02 Å². The Morgan fingerprint density at radius 2 is 1.73 bits per heavy atom. The zero-order chi connectivity index (χ0) is 22.1. The second-order valence-corrected chi connectivity index (χ2v) is 7.60. The highest BCUT2D eigenvalue weighted by Gasteiger charge is 2.25. The molecule has 11 nitrogen and oxygen atoms in total. The van der Waals surface area contributed by atoms with Gasteiger partial charge in [0.05, 0.1) is 11.4 Å². The first kappa shape index (κ1) is 21.3. The van der Waals surface area contributed by atoms with E-state index in [9.17, 15) is 27.4 Å². The lowest BCUT2D eigenvalue weighted by Crippen LogP contribution is -2.37. The molecule has 0 aliphatic heterocycles. The Labute approximate surface area is 174 Å². The number of benzene rings is 2. The van der Waals surface area contributed by atoms with Crippen molar-refractivity contribution in [2.45, 2.75) is 0 Å². The summed E-state index contributed by atoms with van der Waals surface area (Å²) in [5, 5.41) is 1.23. The van der Waals surface area contributed by atoms with E-state index in [0.717, 1.165) is 11.2 Å². The molecule has 3 aromatic rings. The molecule has 0 fully saturated rings. The molecule has 1 aromatic heterocycles. The van der Waals surface area contributed by atoms with E-state index in [1.165, 1.54) is 30.3 Å². The number of anilines is 3. The van der Waals surface area contributed by atoms with Crippen molar-refractivity contribution in [2.75, 3.05) is 9.31 Å². The van der Waals surface area contributed by atoms with Gasteiger partial charge in [-0.05, 0) is 42.5 Å². The third kappa shape index (κ3) is 4.41. The Morgan fingerprint density at radius 1 is 1.07 bits per heavy atom. The normalized spacial score (nSPS) is 11.2. The molecule has 0 radical (unpaired) electrons. The highest BCUT2D eigenvalue weighted by Crippen LogP contribution is 2.26. The van der Waals surface area contributed by atoms with Crippen LogP contribution in [0.1, 0.15) is 10.4 Å². The average molecular weight is 452 g/mol. The fourth-order valence-corrected chi connectivity index (χ4v) is 3.53. The molecular formula is C17H14ClN5O6S. The summed E-state index contributed by atoms with van der Waals surface area (Å²) in [7, 11) is -4.95. The number of nitrogens with two attached hydrogens (primary N) is 1. The van der Waals surface area contributed by atoms with E-state index in [1.54, 1.807) is 18.2 Å². The van der Waals surface area contributed by atoms with Crippen molar-refractivity contribution in [1.29, 1.82) is 0 Å². The number of hydrogen-bond acceptors (Lipinski definition) is 6. The number of hydrogen-bond donors (Lipinski definition) is 4. The van der Waals surface area contributed by atoms with Gasteiger partial charge in [0.25, 0.3) is 11.5 Å². The molecule has 0 aliphatic carbocycles. The molecule has 0 aliphatic rings. The molecule has 3 rings (SSSR count). The van der Waals surface area contributed by atoms with Crippen molar-refractivity contribution in [1.82, 2.24) is 9.97 Å². The topological polar surface area (TPSA) is 170 Å². The first-order chi connectivity index (χ1) is 14.1. The molecule has 0 spiro atoms. The maximum absolute atomic E-state index is 12.6. The maximum atomic E-state index is 12.6. The minimum Gasteiger partial charge on any atom is -0.312 e. The molecule has 0 atom stereocenters. The predicted octanol–water partition coefficient (Wildman–Crippen LogP) is 1.18. The number of halogens is 1. The number of aromatic amines is 2. The second kappa shape index (κ2) is 8.12. The molecule has 156 valence electrons. The Kier molecular flexibility index (Phi) is 5.75. The van der Waals surface area contributed by atoms with Crippen molar-refractivity contribution >= 4 is 44.9 Å².